The summed E-state index contributed by atoms with van der Waals surface area (Å²) in [4.78, 5) is 25.4. The molecule has 37 heavy (non-hydrogen) atoms. The summed E-state index contributed by atoms with van der Waals surface area (Å²) < 4.78 is 66.4. The molecule has 0 aliphatic carbocycles. The van der Waals surface area contributed by atoms with Crippen LogP contribution in [0, 0.1) is 0 Å². The maximum absolute atomic E-state index is 11.9. The predicted octanol–water partition coefficient (Wildman–Crippen LogP) is 3.25. The van der Waals surface area contributed by atoms with Crippen molar-refractivity contribution in [2.45, 2.75) is 9.79 Å². The fourth-order valence-corrected chi connectivity index (χ4v) is 4.60. The Balaban J connectivity index is 1.68. The van der Waals surface area contributed by atoms with Gasteiger partial charge in [0.05, 0.1) is 17.1 Å². The molecule has 0 unspecified atom stereocenters. The van der Waals surface area contributed by atoms with Crippen LogP contribution in [-0.2, 0) is 20.2 Å². The molecule has 0 aliphatic rings. The summed E-state index contributed by atoms with van der Waals surface area (Å²) in [6.07, 6.45) is 0. The lowest BCUT2D eigenvalue weighted by Crippen LogP contribution is -2.20. The number of hydrogen-bond donors (Lipinski definition) is 5. The minimum atomic E-state index is -4.80. The largest absolute Gasteiger partial charge is 0.493 e. The topological polar surface area (TPSA) is 244 Å². The SMILES string of the molecule is O=c1[nH]c(O)c(N=Nc2ccc(N=Nc3cc(S(=O)(=O)O)c4cccc(S(=O)(=O)O)c4c3)cc2)c(=O)[nH]1. The van der Waals surface area contributed by atoms with Crippen molar-refractivity contribution in [2.24, 2.45) is 20.5 Å². The molecule has 0 saturated carbocycles. The number of aromatic amines is 2. The summed E-state index contributed by atoms with van der Waals surface area (Å²) in [6, 6.07) is 11.3. The summed E-state index contributed by atoms with van der Waals surface area (Å²) in [5.41, 5.74) is -2.07. The quantitative estimate of drug-likeness (QED) is 0.176. The Labute approximate surface area is 206 Å². The van der Waals surface area contributed by atoms with Gasteiger partial charge in [-0.15, -0.1) is 5.11 Å². The molecule has 0 radical (unpaired) electrons. The van der Waals surface area contributed by atoms with Gasteiger partial charge in [0.2, 0.25) is 11.6 Å². The number of fused-ring (bicyclic) bond motifs is 1. The highest BCUT2D eigenvalue weighted by molar-refractivity contribution is 7.86. The first-order valence-corrected chi connectivity index (χ1v) is 12.7. The van der Waals surface area contributed by atoms with Gasteiger partial charge in [-0.3, -0.25) is 23.9 Å². The molecule has 17 heteroatoms. The van der Waals surface area contributed by atoms with E-state index in [0.29, 0.717) is 0 Å². The minimum absolute atomic E-state index is 0.146. The van der Waals surface area contributed by atoms with Gasteiger partial charge in [-0.2, -0.15) is 32.2 Å². The van der Waals surface area contributed by atoms with Crippen LogP contribution in [0.2, 0.25) is 0 Å². The van der Waals surface area contributed by atoms with Crippen LogP contribution in [0.15, 0.2) is 94.4 Å². The molecular weight excluding hydrogens is 532 g/mol. The highest BCUT2D eigenvalue weighted by Crippen LogP contribution is 2.34. The normalized spacial score (nSPS) is 12.6. The number of aromatic nitrogens is 2. The van der Waals surface area contributed by atoms with Gasteiger partial charge >= 0.3 is 5.69 Å². The lowest BCUT2D eigenvalue weighted by molar-refractivity contribution is 0.450. The standard InChI is InChI=1S/C20H14N6O9S2/c27-18-17(19(28)22-20(29)21-18)26-24-11-6-4-10(5-7-11)23-25-12-8-14-13(16(9-12)37(33,34)35)2-1-3-15(14)36(30,31)32/h1-9H,(H,30,31,32)(H,33,34,35)(H3,21,22,27,28,29). The molecule has 190 valence electrons. The van der Waals surface area contributed by atoms with Crippen molar-refractivity contribution < 1.29 is 31.0 Å². The molecule has 0 atom stereocenters. The first-order chi connectivity index (χ1) is 17.3. The van der Waals surface area contributed by atoms with Crippen molar-refractivity contribution in [1.29, 1.82) is 0 Å². The van der Waals surface area contributed by atoms with Crippen LogP contribution in [0.4, 0.5) is 22.7 Å². The molecule has 0 spiro atoms. The summed E-state index contributed by atoms with van der Waals surface area (Å²) in [5.74, 6) is -0.764. The number of nitrogens with zero attached hydrogens (tertiary/aromatic N) is 4. The molecule has 15 nitrogen and oxygen atoms in total. The lowest BCUT2D eigenvalue weighted by atomic mass is 10.1. The third-order valence-electron chi connectivity index (χ3n) is 4.75. The zero-order valence-corrected chi connectivity index (χ0v) is 19.7. The highest BCUT2D eigenvalue weighted by atomic mass is 32.2. The van der Waals surface area contributed by atoms with E-state index >= 15 is 0 Å². The van der Waals surface area contributed by atoms with Crippen LogP contribution < -0.4 is 11.2 Å². The van der Waals surface area contributed by atoms with Gasteiger partial charge in [0.1, 0.15) is 9.79 Å². The summed E-state index contributed by atoms with van der Waals surface area (Å²) in [5, 5.41) is 24.4. The van der Waals surface area contributed by atoms with E-state index in [1.807, 2.05) is 9.97 Å². The van der Waals surface area contributed by atoms with Gasteiger partial charge in [0, 0.05) is 10.8 Å². The van der Waals surface area contributed by atoms with Crippen LogP contribution in [0.1, 0.15) is 0 Å². The van der Waals surface area contributed by atoms with E-state index < -0.39 is 52.8 Å². The molecule has 4 aromatic rings. The van der Waals surface area contributed by atoms with Crippen LogP contribution >= 0.6 is 0 Å². The maximum atomic E-state index is 11.9. The Morgan fingerprint density at radius 2 is 1.22 bits per heavy atom. The number of benzene rings is 3. The molecule has 0 amide bonds. The van der Waals surface area contributed by atoms with Crippen LogP contribution in [0.3, 0.4) is 0 Å². The van der Waals surface area contributed by atoms with Crippen molar-refractivity contribution >= 4 is 53.8 Å². The Morgan fingerprint density at radius 1 is 0.649 bits per heavy atom. The van der Waals surface area contributed by atoms with E-state index in [9.17, 15) is 40.6 Å². The monoisotopic (exact) mass is 546 g/mol. The Kier molecular flexibility index (Phi) is 6.53. The van der Waals surface area contributed by atoms with Gasteiger partial charge < -0.3 is 5.11 Å². The van der Waals surface area contributed by atoms with E-state index in [2.05, 4.69) is 20.5 Å². The van der Waals surface area contributed by atoms with Gasteiger partial charge in [0.15, 0.2) is 0 Å². The van der Waals surface area contributed by atoms with E-state index in [-0.39, 0.29) is 27.8 Å². The zero-order chi connectivity index (χ0) is 27.0. The van der Waals surface area contributed by atoms with Gasteiger partial charge in [-0.25, -0.2) is 4.79 Å². The molecule has 4 rings (SSSR count). The third-order valence-corrected chi connectivity index (χ3v) is 6.56. The van der Waals surface area contributed by atoms with Crippen molar-refractivity contribution in [3.8, 4) is 5.88 Å². The summed E-state index contributed by atoms with van der Waals surface area (Å²) in [6.45, 7) is 0. The Morgan fingerprint density at radius 3 is 1.78 bits per heavy atom. The molecule has 5 N–H and O–H groups in total. The third kappa shape index (κ3) is 5.64. The number of H-pyrrole nitrogens is 2. The van der Waals surface area contributed by atoms with Gasteiger partial charge in [0.25, 0.3) is 25.8 Å². The predicted molar refractivity (Wildman–Crippen MR) is 128 cm³/mol. The first-order valence-electron chi connectivity index (χ1n) is 9.84. The van der Waals surface area contributed by atoms with E-state index in [4.69, 9.17) is 0 Å². The second kappa shape index (κ2) is 9.47. The second-order valence-electron chi connectivity index (χ2n) is 7.27. The van der Waals surface area contributed by atoms with Crippen LogP contribution in [0.25, 0.3) is 10.8 Å². The number of nitrogens with one attached hydrogen (secondary N) is 2. The number of aromatic hydroxyl groups is 1. The molecule has 1 heterocycles. The molecule has 0 bridgehead atoms. The van der Waals surface area contributed by atoms with Crippen LogP contribution in [-0.4, -0.2) is 41.0 Å². The highest BCUT2D eigenvalue weighted by Gasteiger charge is 2.21. The molecule has 0 aliphatic heterocycles. The van der Waals surface area contributed by atoms with Crippen LogP contribution in [0.5, 0.6) is 5.88 Å². The molecule has 0 fully saturated rings. The average molecular weight is 546 g/mol. The Hall–Kier alpha value is -4.58. The number of hydrogen-bond acceptors (Lipinski definition) is 11. The number of rotatable bonds is 6. The van der Waals surface area contributed by atoms with Crippen molar-refractivity contribution in [3.05, 3.63) is 75.4 Å². The van der Waals surface area contributed by atoms with Gasteiger partial charge in [-0.05, 0) is 42.5 Å². The van der Waals surface area contributed by atoms with Crippen molar-refractivity contribution in [2.75, 3.05) is 0 Å². The maximum Gasteiger partial charge on any atom is 0.328 e. The fourth-order valence-electron chi connectivity index (χ4n) is 3.18. The van der Waals surface area contributed by atoms with E-state index in [0.717, 1.165) is 12.1 Å². The zero-order valence-electron chi connectivity index (χ0n) is 18.1. The van der Waals surface area contributed by atoms with Crippen molar-refractivity contribution in [1.82, 2.24) is 9.97 Å². The fraction of sp³-hybridized carbons (Fsp3) is 0. The lowest BCUT2D eigenvalue weighted by Gasteiger charge is -2.08. The summed E-state index contributed by atoms with van der Waals surface area (Å²) >= 11 is 0. The average Bonchev–Trinajstić information content (AvgIpc) is 2.80. The Bertz CT molecular complexity index is 1930. The molecule has 1 aromatic heterocycles. The van der Waals surface area contributed by atoms with E-state index in [1.165, 1.54) is 42.5 Å². The first kappa shape index (κ1) is 25.5. The molecular formula is C20H14N6O9S2. The molecule has 3 aromatic carbocycles. The number of azo groups is 2. The van der Waals surface area contributed by atoms with Crippen molar-refractivity contribution in [3.63, 3.8) is 0 Å². The summed E-state index contributed by atoms with van der Waals surface area (Å²) in [7, 11) is -9.54. The second-order valence-corrected chi connectivity index (χ2v) is 10.0. The molecule has 0 saturated heterocycles. The van der Waals surface area contributed by atoms with Gasteiger partial charge in [-0.1, -0.05) is 12.1 Å². The smallest absolute Gasteiger partial charge is 0.328 e. The minimum Gasteiger partial charge on any atom is -0.493 e. The van der Waals surface area contributed by atoms with E-state index in [1.54, 1.807) is 0 Å².